The van der Waals surface area contributed by atoms with Crippen LogP contribution in [0, 0.1) is 0 Å². The molecule has 2 aliphatic rings. The Morgan fingerprint density at radius 3 is 1.61 bits per heavy atom. The van der Waals surface area contributed by atoms with Crippen LogP contribution in [0.25, 0.3) is 22.3 Å². The maximum atomic E-state index is 13.1. The van der Waals surface area contributed by atoms with E-state index in [4.69, 9.17) is 4.74 Å². The number of nitrogens with zero attached hydrogens (tertiary/aromatic N) is 4. The van der Waals surface area contributed by atoms with Gasteiger partial charge in [-0.05, 0) is 83.1 Å². The van der Waals surface area contributed by atoms with Gasteiger partial charge >= 0.3 is 29.6 Å². The molecule has 308 valence electrons. The Morgan fingerprint density at radius 1 is 0.581 bits per heavy atom. The number of hydrogen-bond donors (Lipinski definition) is 0. The molecule has 0 atom stereocenters. The molecule has 0 radical (unpaired) electrons. The first-order chi connectivity index (χ1) is 29.6. The van der Waals surface area contributed by atoms with Gasteiger partial charge in [-0.25, -0.2) is 35.4 Å². The molecule has 0 amide bonds. The molecule has 0 N–H and O–H groups in total. The van der Waals surface area contributed by atoms with E-state index < -0.39 is 20.0 Å². The van der Waals surface area contributed by atoms with Crippen LogP contribution < -0.4 is 48.0 Å². The first kappa shape index (κ1) is 45.2. The molecule has 10 nitrogen and oxygen atoms in total. The largest absolute Gasteiger partial charge is 1.00 e. The monoisotopic (exact) mass is 970 g/mol. The molecule has 0 fully saturated rings. The first-order valence-corrected chi connectivity index (χ1v) is 24.4. The summed E-state index contributed by atoms with van der Waals surface area (Å²) in [4.78, 5) is 8.94. The minimum absolute atomic E-state index is 0. The number of sulfonamides is 2. The van der Waals surface area contributed by atoms with E-state index >= 15 is 0 Å². The Hall–Kier alpha value is -4.84. The number of para-hydroxylation sites is 2. The van der Waals surface area contributed by atoms with Crippen LogP contribution in [0.4, 0.5) is 10.3 Å². The van der Waals surface area contributed by atoms with Gasteiger partial charge in [-0.3, -0.25) is 0 Å². The van der Waals surface area contributed by atoms with Crippen LogP contribution in [0.2, 0.25) is 0 Å². The average Bonchev–Trinajstić information content (AvgIpc) is 4.01. The van der Waals surface area contributed by atoms with E-state index in [-0.39, 0.29) is 35.3 Å². The quantitative estimate of drug-likeness (QED) is 0.157. The van der Waals surface area contributed by atoms with E-state index in [1.807, 2.05) is 109 Å². The number of hydrogen-bond acceptors (Lipinski definition) is 10. The molecule has 6 aromatic carbocycles. The van der Waals surface area contributed by atoms with Crippen molar-refractivity contribution in [2.45, 2.75) is 22.6 Å². The fraction of sp³-hybridized carbons (Fsp3) is 0.0870. The topological polar surface area (TPSA) is 133 Å². The zero-order valence-corrected chi connectivity index (χ0v) is 40.1. The third kappa shape index (κ3) is 10.0. The number of ether oxygens (including phenoxy) is 1. The van der Waals surface area contributed by atoms with Crippen LogP contribution in [0.1, 0.15) is 11.1 Å². The van der Waals surface area contributed by atoms with Gasteiger partial charge in [-0.15, -0.1) is 28.4 Å². The summed E-state index contributed by atoms with van der Waals surface area (Å²) in [6, 6.07) is 45.1. The SMILES string of the molecule is O=S1(=O)c2ccc(Br)cc2CCN1c1nccs1.O=S1(=O)c2ccc(Oc3ccccc3-c3ccccc3)cc2CCN1c1nccs1.[Na+].[O-]c1ccccc1-c1ccccc1. The number of fused-ring (bicyclic) bond motifs is 2. The van der Waals surface area contributed by atoms with Crippen molar-refractivity contribution in [1.82, 2.24) is 9.97 Å². The summed E-state index contributed by atoms with van der Waals surface area (Å²) >= 11 is 6.02. The van der Waals surface area contributed by atoms with Crippen LogP contribution in [0.3, 0.4) is 0 Å². The van der Waals surface area contributed by atoms with Gasteiger partial charge in [0.15, 0.2) is 10.3 Å². The van der Waals surface area contributed by atoms with E-state index in [1.165, 1.54) is 31.3 Å². The zero-order valence-electron chi connectivity index (χ0n) is 33.2. The molecule has 2 aromatic heterocycles. The summed E-state index contributed by atoms with van der Waals surface area (Å²) in [7, 11) is -7.08. The molecular formula is C46H36BrN4NaO6S4. The van der Waals surface area contributed by atoms with Crippen LogP contribution in [-0.4, -0.2) is 39.9 Å². The van der Waals surface area contributed by atoms with Crippen molar-refractivity contribution >= 4 is 68.9 Å². The van der Waals surface area contributed by atoms with E-state index in [0.29, 0.717) is 51.7 Å². The second kappa shape index (κ2) is 20.1. The van der Waals surface area contributed by atoms with Gasteiger partial charge in [0, 0.05) is 46.3 Å². The van der Waals surface area contributed by atoms with Crippen LogP contribution in [0.15, 0.2) is 183 Å². The smallest absolute Gasteiger partial charge is 0.872 e. The fourth-order valence-corrected chi connectivity index (χ4v) is 12.4. The minimum Gasteiger partial charge on any atom is -0.872 e. The normalized spacial score (nSPS) is 14.3. The van der Waals surface area contributed by atoms with Crippen LogP contribution in [-0.2, 0) is 32.9 Å². The molecule has 16 heteroatoms. The Balaban J connectivity index is 0.000000153. The zero-order chi connectivity index (χ0) is 42.4. The molecule has 62 heavy (non-hydrogen) atoms. The van der Waals surface area contributed by atoms with Gasteiger partial charge in [0.05, 0.1) is 9.79 Å². The first-order valence-electron chi connectivity index (χ1n) is 19.0. The fourth-order valence-electron chi connectivity index (χ4n) is 6.92. The Labute approximate surface area is 399 Å². The van der Waals surface area contributed by atoms with Gasteiger partial charge in [-0.1, -0.05) is 119 Å². The number of benzene rings is 6. The minimum atomic E-state index is -3.62. The van der Waals surface area contributed by atoms with Gasteiger partial charge in [0.2, 0.25) is 0 Å². The standard InChI is InChI=1S/C23H18N2O3S2.C12H10O.C11H9BrN2O2S2.Na/c26-30(27)22-11-10-19(16-18(22)12-14-25(30)23-24-13-15-29-23)28-21-9-5-4-8-20(21)17-6-2-1-3-7-17;13-12-9-5-4-8-11(12)10-6-2-1-3-7-10;12-9-1-2-10-8(7-9)3-5-14(18(10,15)16)11-13-4-6-17-11;/h1-11,13,15-16H,12,14H2;1-9,13H;1-2,4,6-7H,3,5H2;/q;;;+1/p-1. The third-order valence-corrected chi connectivity index (χ3v) is 15.9. The van der Waals surface area contributed by atoms with Crippen LogP contribution in [0.5, 0.6) is 17.2 Å². The summed E-state index contributed by atoms with van der Waals surface area (Å²) in [5, 5.41) is 16.0. The summed E-state index contributed by atoms with van der Waals surface area (Å²) < 4.78 is 61.0. The molecule has 0 spiro atoms. The average molecular weight is 972 g/mol. The number of rotatable bonds is 6. The Morgan fingerprint density at radius 2 is 1.06 bits per heavy atom. The Kier molecular flexibility index (Phi) is 14.7. The number of anilines is 2. The molecule has 4 heterocycles. The second-order valence-corrected chi connectivity index (χ2v) is 20.0. The Bertz CT molecular complexity index is 2980. The van der Waals surface area contributed by atoms with Crippen molar-refractivity contribution in [3.63, 3.8) is 0 Å². The van der Waals surface area contributed by atoms with Crippen molar-refractivity contribution < 1.29 is 56.2 Å². The number of thiazole rings is 2. The molecule has 2 aliphatic heterocycles. The predicted molar refractivity (Wildman–Crippen MR) is 245 cm³/mol. The predicted octanol–water partition coefficient (Wildman–Crippen LogP) is 7.44. The van der Waals surface area contributed by atoms with Crippen molar-refractivity contribution in [1.29, 1.82) is 0 Å². The maximum absolute atomic E-state index is 13.1. The maximum Gasteiger partial charge on any atom is 1.00 e. The summed E-state index contributed by atoms with van der Waals surface area (Å²) in [5.74, 6) is 1.43. The molecule has 0 saturated heterocycles. The molecule has 0 unspecified atom stereocenters. The number of aromatic nitrogens is 2. The third-order valence-electron chi connectivity index (χ3n) is 9.80. The second-order valence-electron chi connectivity index (χ2n) is 13.6. The van der Waals surface area contributed by atoms with E-state index in [1.54, 1.807) is 59.6 Å². The molecule has 10 rings (SSSR count). The van der Waals surface area contributed by atoms with Gasteiger partial charge in [0.1, 0.15) is 11.5 Å². The molecule has 8 aromatic rings. The summed E-state index contributed by atoms with van der Waals surface area (Å²) in [5.41, 5.74) is 5.41. The van der Waals surface area contributed by atoms with Crippen molar-refractivity contribution in [3.05, 3.63) is 184 Å². The van der Waals surface area contributed by atoms with E-state index in [9.17, 15) is 21.9 Å². The van der Waals surface area contributed by atoms with E-state index in [2.05, 4.69) is 25.9 Å². The molecule has 0 saturated carbocycles. The van der Waals surface area contributed by atoms with E-state index in [0.717, 1.165) is 43.6 Å². The molecule has 0 aliphatic carbocycles. The van der Waals surface area contributed by atoms with Crippen molar-refractivity contribution in [2.75, 3.05) is 21.7 Å². The summed E-state index contributed by atoms with van der Waals surface area (Å²) in [6.45, 7) is 0.812. The summed E-state index contributed by atoms with van der Waals surface area (Å²) in [6.07, 6.45) is 4.54. The van der Waals surface area contributed by atoms with Gasteiger partial charge in [-0.2, -0.15) is 0 Å². The van der Waals surface area contributed by atoms with Crippen LogP contribution >= 0.6 is 38.6 Å². The van der Waals surface area contributed by atoms with Crippen molar-refractivity contribution in [2.24, 2.45) is 0 Å². The van der Waals surface area contributed by atoms with Gasteiger partial charge < -0.3 is 9.84 Å². The van der Waals surface area contributed by atoms with Gasteiger partial charge in [0.25, 0.3) is 20.0 Å². The molecule has 0 bridgehead atoms. The van der Waals surface area contributed by atoms with Crippen molar-refractivity contribution in [3.8, 4) is 39.5 Å². The molecular weight excluding hydrogens is 936 g/mol. The number of halogens is 1.